The summed E-state index contributed by atoms with van der Waals surface area (Å²) in [5, 5.41) is 10.3. The molecule has 5 heterocycles. The van der Waals surface area contributed by atoms with Crippen molar-refractivity contribution in [1.29, 1.82) is 0 Å². The van der Waals surface area contributed by atoms with Crippen LogP contribution in [0.1, 0.15) is 23.1 Å². The summed E-state index contributed by atoms with van der Waals surface area (Å²) in [4.78, 5) is 31.7. The summed E-state index contributed by atoms with van der Waals surface area (Å²) in [6.45, 7) is -0.117. The summed E-state index contributed by atoms with van der Waals surface area (Å²) < 4.78 is 6.80. The number of rotatable bonds is 4. The number of hydrogen-bond acceptors (Lipinski definition) is 7. The van der Waals surface area contributed by atoms with Crippen molar-refractivity contribution < 1.29 is 9.21 Å². The molecule has 140 valence electrons. The third kappa shape index (κ3) is 2.88. The van der Waals surface area contributed by atoms with Crippen LogP contribution in [-0.4, -0.2) is 26.2 Å². The molecule has 28 heavy (non-hydrogen) atoms. The van der Waals surface area contributed by atoms with Gasteiger partial charge in [-0.05, 0) is 35.0 Å². The Morgan fingerprint density at radius 2 is 2.14 bits per heavy atom. The third-order valence-electron chi connectivity index (χ3n) is 4.60. The van der Waals surface area contributed by atoms with Gasteiger partial charge in [-0.2, -0.15) is 5.10 Å². The lowest BCUT2D eigenvalue weighted by atomic mass is 10.1. The molecule has 0 bridgehead atoms. The minimum atomic E-state index is -0.265. The Bertz CT molecular complexity index is 1220. The fraction of sp³-hybridized carbons (Fsp3) is 0.158. The molecule has 9 heteroatoms. The highest BCUT2D eigenvalue weighted by molar-refractivity contribution is 7.16. The van der Waals surface area contributed by atoms with E-state index in [1.54, 1.807) is 29.7 Å². The molecule has 1 unspecified atom stereocenters. The van der Waals surface area contributed by atoms with E-state index in [1.807, 2.05) is 29.0 Å². The third-order valence-corrected chi connectivity index (χ3v) is 6.39. The average Bonchev–Trinajstić information content (AvgIpc) is 3.48. The monoisotopic (exact) mass is 410 g/mol. The molecule has 4 aromatic rings. The topological polar surface area (TPSA) is 80.7 Å². The van der Waals surface area contributed by atoms with Gasteiger partial charge in [-0.15, -0.1) is 22.7 Å². The zero-order chi connectivity index (χ0) is 19.1. The van der Waals surface area contributed by atoms with Crippen molar-refractivity contribution in [3.8, 4) is 0 Å². The number of hydrogen-bond donors (Lipinski definition) is 0. The molecule has 1 aliphatic rings. The predicted octanol–water partition coefficient (Wildman–Crippen LogP) is 3.49. The van der Waals surface area contributed by atoms with Gasteiger partial charge in [0.1, 0.15) is 22.8 Å². The summed E-state index contributed by atoms with van der Waals surface area (Å²) in [7, 11) is 0. The molecule has 0 fully saturated rings. The van der Waals surface area contributed by atoms with Crippen LogP contribution in [-0.2, 0) is 11.3 Å². The van der Waals surface area contributed by atoms with E-state index in [4.69, 9.17) is 4.42 Å². The molecule has 0 aliphatic carbocycles. The lowest BCUT2D eigenvalue weighted by molar-refractivity contribution is -0.133. The molecule has 0 radical (unpaired) electrons. The Balaban J connectivity index is 1.48. The molecule has 0 spiro atoms. The van der Waals surface area contributed by atoms with Crippen molar-refractivity contribution in [3.05, 3.63) is 74.7 Å². The van der Waals surface area contributed by atoms with Crippen LogP contribution in [0, 0.1) is 0 Å². The molecule has 0 N–H and O–H groups in total. The fourth-order valence-corrected chi connectivity index (χ4v) is 4.79. The average molecular weight is 410 g/mol. The van der Waals surface area contributed by atoms with Crippen molar-refractivity contribution in [2.75, 3.05) is 0 Å². The van der Waals surface area contributed by atoms with Crippen molar-refractivity contribution in [2.24, 2.45) is 5.10 Å². The van der Waals surface area contributed by atoms with E-state index in [0.29, 0.717) is 22.4 Å². The van der Waals surface area contributed by atoms with Crippen LogP contribution >= 0.6 is 22.7 Å². The van der Waals surface area contributed by atoms with Gasteiger partial charge < -0.3 is 4.42 Å². The largest absolute Gasteiger partial charge is 0.463 e. The maximum atomic E-state index is 13.1. The van der Waals surface area contributed by atoms with Crippen molar-refractivity contribution in [2.45, 2.75) is 19.0 Å². The van der Waals surface area contributed by atoms with Crippen LogP contribution in [0.15, 0.2) is 68.0 Å². The summed E-state index contributed by atoms with van der Waals surface area (Å²) in [5.41, 5.74) is 0.497. The lowest BCUT2D eigenvalue weighted by Crippen LogP contribution is -2.33. The number of thiophene rings is 2. The SMILES string of the molecule is O=C(Cn1cnc2sccc2c1=O)N1N=C(c2ccco2)CC1c1cccs1. The van der Waals surface area contributed by atoms with Crippen molar-refractivity contribution in [3.63, 3.8) is 0 Å². The second kappa shape index (κ2) is 6.84. The Hall–Kier alpha value is -3.04. The van der Waals surface area contributed by atoms with Crippen molar-refractivity contribution >= 4 is 44.5 Å². The minimum Gasteiger partial charge on any atom is -0.463 e. The van der Waals surface area contributed by atoms with E-state index in [9.17, 15) is 9.59 Å². The zero-order valence-corrected chi connectivity index (χ0v) is 16.2. The van der Waals surface area contributed by atoms with Gasteiger partial charge in [0.25, 0.3) is 11.5 Å². The second-order valence-electron chi connectivity index (χ2n) is 6.31. The summed E-state index contributed by atoms with van der Waals surface area (Å²) >= 11 is 2.98. The van der Waals surface area contributed by atoms with Gasteiger partial charge in [0.05, 0.1) is 24.0 Å². The van der Waals surface area contributed by atoms with E-state index in [-0.39, 0.29) is 24.1 Å². The smallest absolute Gasteiger partial charge is 0.263 e. The van der Waals surface area contributed by atoms with Crippen LogP contribution in [0.3, 0.4) is 0 Å². The maximum Gasteiger partial charge on any atom is 0.263 e. The molecule has 1 atom stereocenters. The quantitative estimate of drug-likeness (QED) is 0.516. The molecule has 4 aromatic heterocycles. The molecular weight excluding hydrogens is 396 g/mol. The summed E-state index contributed by atoms with van der Waals surface area (Å²) in [6.07, 6.45) is 3.58. The van der Waals surface area contributed by atoms with Gasteiger partial charge in [0.15, 0.2) is 0 Å². The number of carbonyl (C=O) groups excluding carboxylic acids is 1. The first kappa shape index (κ1) is 17.1. The molecule has 0 saturated carbocycles. The van der Waals surface area contributed by atoms with Crippen LogP contribution in [0.5, 0.6) is 0 Å². The number of nitrogens with zero attached hydrogens (tertiary/aromatic N) is 4. The Morgan fingerprint density at radius 3 is 2.93 bits per heavy atom. The molecule has 7 nitrogen and oxygen atoms in total. The predicted molar refractivity (Wildman–Crippen MR) is 108 cm³/mol. The number of hydrazone groups is 1. The van der Waals surface area contributed by atoms with Gasteiger partial charge in [-0.3, -0.25) is 14.2 Å². The molecule has 5 rings (SSSR count). The van der Waals surface area contributed by atoms with Gasteiger partial charge in [0, 0.05) is 11.3 Å². The number of amides is 1. The minimum absolute atomic E-state index is 0.117. The van der Waals surface area contributed by atoms with Crippen LogP contribution in [0.25, 0.3) is 10.2 Å². The van der Waals surface area contributed by atoms with Gasteiger partial charge in [0.2, 0.25) is 0 Å². The van der Waals surface area contributed by atoms with E-state index in [1.165, 1.54) is 27.2 Å². The first-order valence-corrected chi connectivity index (χ1v) is 10.4. The number of aromatic nitrogens is 2. The maximum absolute atomic E-state index is 13.1. The Morgan fingerprint density at radius 1 is 1.21 bits per heavy atom. The second-order valence-corrected chi connectivity index (χ2v) is 8.19. The van der Waals surface area contributed by atoms with Crippen LogP contribution in [0.2, 0.25) is 0 Å². The van der Waals surface area contributed by atoms with E-state index >= 15 is 0 Å². The van der Waals surface area contributed by atoms with Crippen LogP contribution in [0.4, 0.5) is 0 Å². The van der Waals surface area contributed by atoms with Gasteiger partial charge in [-0.25, -0.2) is 9.99 Å². The molecule has 0 saturated heterocycles. The number of fused-ring (bicyclic) bond motifs is 1. The molecule has 1 aliphatic heterocycles. The highest BCUT2D eigenvalue weighted by Gasteiger charge is 2.34. The van der Waals surface area contributed by atoms with Crippen molar-refractivity contribution in [1.82, 2.24) is 14.6 Å². The first-order valence-electron chi connectivity index (χ1n) is 8.60. The van der Waals surface area contributed by atoms with Crippen LogP contribution < -0.4 is 5.56 Å². The van der Waals surface area contributed by atoms with E-state index in [0.717, 1.165) is 10.6 Å². The highest BCUT2D eigenvalue weighted by atomic mass is 32.1. The fourth-order valence-electron chi connectivity index (χ4n) is 3.26. The van der Waals surface area contributed by atoms with Gasteiger partial charge >= 0.3 is 0 Å². The van der Waals surface area contributed by atoms with E-state index < -0.39 is 0 Å². The van der Waals surface area contributed by atoms with Gasteiger partial charge in [-0.1, -0.05) is 6.07 Å². The first-order chi connectivity index (χ1) is 13.7. The summed E-state index contributed by atoms with van der Waals surface area (Å²) in [5.74, 6) is 0.383. The Labute approximate surface area is 167 Å². The molecule has 1 amide bonds. The Kier molecular flexibility index (Phi) is 4.18. The standard InChI is InChI=1S/C19H14N4O3S2/c24-17(10-22-11-20-18-12(19(22)25)5-8-28-18)23-14(16-4-2-7-27-16)9-13(21-23)15-3-1-6-26-15/h1-8,11,14H,9-10H2. The highest BCUT2D eigenvalue weighted by Crippen LogP contribution is 2.35. The lowest BCUT2D eigenvalue weighted by Gasteiger charge is -2.21. The normalized spacial score (nSPS) is 16.6. The zero-order valence-electron chi connectivity index (χ0n) is 14.5. The van der Waals surface area contributed by atoms with E-state index in [2.05, 4.69) is 10.1 Å². The molecular formula is C19H14N4O3S2. The number of furan rings is 1. The summed E-state index contributed by atoms with van der Waals surface area (Å²) in [6, 6.07) is 9.09. The molecule has 0 aromatic carbocycles. The number of carbonyl (C=O) groups is 1.